The van der Waals surface area contributed by atoms with Crippen molar-refractivity contribution >= 4 is 58.2 Å². The zero-order valence-corrected chi connectivity index (χ0v) is 22.1. The van der Waals surface area contributed by atoms with E-state index in [9.17, 15) is 22.8 Å². The van der Waals surface area contributed by atoms with Crippen molar-refractivity contribution in [2.24, 2.45) is 0 Å². The molecule has 198 valence electrons. The minimum absolute atomic E-state index is 0. The van der Waals surface area contributed by atoms with Crippen LogP contribution in [0, 0.1) is 21.0 Å². The second-order valence-electron chi connectivity index (χ2n) is 8.05. The Kier molecular flexibility index (Phi) is 11.7. The summed E-state index contributed by atoms with van der Waals surface area (Å²) in [6.07, 6.45) is 0.156. The first-order valence-electron chi connectivity index (χ1n) is 11.0. The van der Waals surface area contributed by atoms with Crippen LogP contribution in [0.1, 0.15) is 16.8 Å². The average Bonchev–Trinajstić information content (AvgIpc) is 2.79. The number of halogens is 5. The third-order valence-corrected chi connectivity index (χ3v) is 6.21. The van der Waals surface area contributed by atoms with Crippen molar-refractivity contribution in [2.45, 2.75) is 12.5 Å². The Labute approximate surface area is 226 Å². The second kappa shape index (κ2) is 14.0. The number of aliphatic hydroxyl groups excluding tert-OH is 2. The topological polar surface area (TPSA) is 105 Å². The van der Waals surface area contributed by atoms with Crippen molar-refractivity contribution in [2.75, 3.05) is 51.3 Å². The highest BCUT2D eigenvalue weighted by molar-refractivity contribution is 14.1. The molecule has 2 aromatic rings. The van der Waals surface area contributed by atoms with E-state index in [1.54, 1.807) is 11.0 Å². The Bertz CT molecular complexity index is 1070. The molecular formula is C23H27ClF3IN4O4. The number of benzene rings is 2. The van der Waals surface area contributed by atoms with Gasteiger partial charge < -0.3 is 25.7 Å². The van der Waals surface area contributed by atoms with Crippen molar-refractivity contribution in [3.63, 3.8) is 0 Å². The van der Waals surface area contributed by atoms with Gasteiger partial charge in [-0.1, -0.05) is 0 Å². The number of hydrogen-bond acceptors (Lipinski definition) is 6. The van der Waals surface area contributed by atoms with E-state index in [0.29, 0.717) is 23.2 Å². The number of amides is 2. The first-order valence-corrected chi connectivity index (χ1v) is 12.0. The lowest BCUT2D eigenvalue weighted by Crippen LogP contribution is -2.61. The lowest BCUT2D eigenvalue weighted by atomic mass is 10.0. The van der Waals surface area contributed by atoms with Crippen molar-refractivity contribution in [3.8, 4) is 0 Å². The molecule has 1 fully saturated rings. The van der Waals surface area contributed by atoms with Gasteiger partial charge in [-0.15, -0.1) is 12.4 Å². The van der Waals surface area contributed by atoms with Crippen LogP contribution >= 0.6 is 35.0 Å². The highest BCUT2D eigenvalue weighted by Crippen LogP contribution is 2.30. The van der Waals surface area contributed by atoms with Gasteiger partial charge in [-0.25, -0.2) is 13.2 Å². The van der Waals surface area contributed by atoms with Crippen molar-refractivity contribution < 1.29 is 33.0 Å². The molecular weight excluding hydrogens is 616 g/mol. The molecule has 0 radical (unpaired) electrons. The van der Waals surface area contributed by atoms with Crippen LogP contribution in [0.2, 0.25) is 0 Å². The fraction of sp³-hybridized carbons (Fsp3) is 0.391. The average molecular weight is 643 g/mol. The van der Waals surface area contributed by atoms with Crippen LogP contribution in [0.4, 0.5) is 24.5 Å². The van der Waals surface area contributed by atoms with E-state index in [2.05, 4.69) is 10.6 Å². The number of aliphatic hydroxyl groups is 2. The molecule has 1 aliphatic rings. The van der Waals surface area contributed by atoms with Gasteiger partial charge in [0.15, 0.2) is 11.6 Å². The number of carbonyl (C=O) groups excluding carboxylic acids is 2. The summed E-state index contributed by atoms with van der Waals surface area (Å²) in [7, 11) is 0. The van der Waals surface area contributed by atoms with E-state index in [-0.39, 0.29) is 68.3 Å². The maximum atomic E-state index is 14.6. The minimum atomic E-state index is -1.30. The predicted octanol–water partition coefficient (Wildman–Crippen LogP) is 2.49. The van der Waals surface area contributed by atoms with Gasteiger partial charge >= 0.3 is 0 Å². The molecule has 0 unspecified atom stereocenters. The van der Waals surface area contributed by atoms with Gasteiger partial charge in [0.05, 0.1) is 36.2 Å². The Morgan fingerprint density at radius 3 is 2.31 bits per heavy atom. The monoisotopic (exact) mass is 642 g/mol. The van der Waals surface area contributed by atoms with Crippen LogP contribution in [0.25, 0.3) is 0 Å². The molecule has 1 aliphatic heterocycles. The third kappa shape index (κ3) is 7.68. The van der Waals surface area contributed by atoms with Gasteiger partial charge in [-0.05, 0) is 52.9 Å². The quantitative estimate of drug-likeness (QED) is 0.281. The fourth-order valence-electron chi connectivity index (χ4n) is 3.66. The molecule has 0 saturated carbocycles. The van der Waals surface area contributed by atoms with E-state index in [4.69, 9.17) is 10.2 Å². The maximum Gasteiger partial charge on any atom is 0.256 e. The molecule has 36 heavy (non-hydrogen) atoms. The van der Waals surface area contributed by atoms with Gasteiger partial charge in [0.2, 0.25) is 5.91 Å². The fourth-order valence-corrected chi connectivity index (χ4v) is 4.11. The maximum absolute atomic E-state index is 14.6. The second-order valence-corrected chi connectivity index (χ2v) is 9.29. The normalized spacial score (nSPS) is 13.2. The summed E-state index contributed by atoms with van der Waals surface area (Å²) in [5.41, 5.74) is -0.722. The van der Waals surface area contributed by atoms with Gasteiger partial charge in [-0.2, -0.15) is 0 Å². The molecule has 0 spiro atoms. The van der Waals surface area contributed by atoms with E-state index in [1.165, 1.54) is 17.0 Å². The number of nitrogens with one attached hydrogen (secondary N) is 2. The molecule has 2 aromatic carbocycles. The van der Waals surface area contributed by atoms with E-state index < -0.39 is 29.0 Å². The molecule has 1 heterocycles. The van der Waals surface area contributed by atoms with E-state index >= 15 is 0 Å². The summed E-state index contributed by atoms with van der Waals surface area (Å²) in [6, 6.07) is 5.84. The summed E-state index contributed by atoms with van der Waals surface area (Å²) in [5, 5.41) is 23.3. The molecule has 0 aliphatic carbocycles. The number of rotatable bonds is 11. The zero-order valence-electron chi connectivity index (χ0n) is 19.1. The van der Waals surface area contributed by atoms with Gasteiger partial charge in [0, 0.05) is 42.7 Å². The lowest BCUT2D eigenvalue weighted by molar-refractivity contribution is -0.123. The molecule has 13 heteroatoms. The standard InChI is InChI=1S/C23H26F3IN4O4.ClH/c24-17-3-2-16(22(21(17)26)29-19-4-1-14(27)11-18(19)25)23(35)31-12-15(13-31)28-20(34)5-6-30(7-9-32)8-10-33;/h1-4,11,15,29,32-33H,5-10,12-13H2,(H,28,34);1H. The minimum Gasteiger partial charge on any atom is -0.395 e. The summed E-state index contributed by atoms with van der Waals surface area (Å²) >= 11 is 1.91. The van der Waals surface area contributed by atoms with Crippen LogP contribution in [-0.4, -0.2) is 83.8 Å². The molecule has 0 aromatic heterocycles. The summed E-state index contributed by atoms with van der Waals surface area (Å²) in [6.45, 7) is 1.24. The summed E-state index contributed by atoms with van der Waals surface area (Å²) in [5.74, 6) is -3.98. The molecule has 1 saturated heterocycles. The first-order chi connectivity index (χ1) is 16.7. The van der Waals surface area contributed by atoms with E-state index in [1.807, 2.05) is 22.6 Å². The SMILES string of the molecule is Cl.O=C(CCN(CCO)CCO)NC1CN(C(=O)c2ccc(F)c(F)c2Nc2ccc(I)cc2F)C1. The van der Waals surface area contributed by atoms with Crippen molar-refractivity contribution in [1.29, 1.82) is 0 Å². The number of hydrogen-bond donors (Lipinski definition) is 4. The first kappa shape index (κ1) is 30.1. The van der Waals surface area contributed by atoms with E-state index in [0.717, 1.165) is 12.1 Å². The zero-order chi connectivity index (χ0) is 25.5. The number of nitrogens with zero attached hydrogens (tertiary/aromatic N) is 2. The molecule has 0 bridgehead atoms. The number of anilines is 2. The number of carbonyl (C=O) groups is 2. The molecule has 3 rings (SSSR count). The van der Waals surface area contributed by atoms with Gasteiger partial charge in [0.1, 0.15) is 5.82 Å². The van der Waals surface area contributed by atoms with Crippen LogP contribution in [0.5, 0.6) is 0 Å². The summed E-state index contributed by atoms with van der Waals surface area (Å²) in [4.78, 5) is 28.3. The molecule has 2 amide bonds. The van der Waals surface area contributed by atoms with Crippen LogP contribution in [0.15, 0.2) is 30.3 Å². The van der Waals surface area contributed by atoms with Crippen LogP contribution in [0.3, 0.4) is 0 Å². The van der Waals surface area contributed by atoms with Gasteiger partial charge in [-0.3, -0.25) is 14.5 Å². The lowest BCUT2D eigenvalue weighted by Gasteiger charge is -2.40. The highest BCUT2D eigenvalue weighted by Gasteiger charge is 2.34. The summed E-state index contributed by atoms with van der Waals surface area (Å²) < 4.78 is 43.4. The molecule has 4 N–H and O–H groups in total. The number of likely N-dealkylation sites (tertiary alicyclic amines) is 1. The van der Waals surface area contributed by atoms with Crippen molar-refractivity contribution in [1.82, 2.24) is 15.1 Å². The van der Waals surface area contributed by atoms with Crippen molar-refractivity contribution in [3.05, 3.63) is 56.9 Å². The third-order valence-electron chi connectivity index (χ3n) is 5.54. The van der Waals surface area contributed by atoms with Crippen LogP contribution in [-0.2, 0) is 4.79 Å². The van der Waals surface area contributed by atoms with Gasteiger partial charge in [0.25, 0.3) is 5.91 Å². The smallest absolute Gasteiger partial charge is 0.256 e. The Morgan fingerprint density at radius 1 is 1.03 bits per heavy atom. The Hall–Kier alpha value is -2.13. The van der Waals surface area contributed by atoms with Crippen LogP contribution < -0.4 is 10.6 Å². The largest absolute Gasteiger partial charge is 0.395 e. The Morgan fingerprint density at radius 2 is 1.69 bits per heavy atom. The molecule has 0 atom stereocenters. The Balaban J connectivity index is 0.00000456. The molecule has 8 nitrogen and oxygen atoms in total. The highest BCUT2D eigenvalue weighted by atomic mass is 127. The predicted molar refractivity (Wildman–Crippen MR) is 139 cm³/mol.